The molecule has 3 radical (unpaired) electrons. The van der Waals surface area contributed by atoms with Gasteiger partial charge in [0.15, 0.2) is 0 Å². The monoisotopic (exact) mass is 392 g/mol. The fraction of sp³-hybridized carbons (Fsp3) is 0.538. The quantitative estimate of drug-likeness (QED) is 0.588. The van der Waals surface area contributed by atoms with Crippen LogP contribution in [0.4, 0.5) is 0 Å². The number of hydrogen-bond acceptors (Lipinski definition) is 4. The van der Waals surface area contributed by atoms with E-state index in [4.69, 9.17) is 15.3 Å². The summed E-state index contributed by atoms with van der Waals surface area (Å²) in [5.41, 5.74) is 1.38. The second-order valence-corrected chi connectivity index (χ2v) is 5.48. The maximum absolute atomic E-state index is 8.48. The van der Waals surface area contributed by atoms with Crippen LogP contribution in [-0.4, -0.2) is 76.2 Å². The normalized spacial score (nSPS) is 10.2. The predicted octanol–water partition coefficient (Wildman–Crippen LogP) is 0.383. The van der Waals surface area contributed by atoms with Crippen molar-refractivity contribution < 1.29 is 15.3 Å². The molecule has 0 aliphatic heterocycles. The molecule has 107 valence electrons. The number of hydrogen-bond donors (Lipinski definition) is 3. The molecule has 0 saturated carbocycles. The summed E-state index contributed by atoms with van der Waals surface area (Å²) < 4.78 is 1.17. The fourth-order valence-electron chi connectivity index (χ4n) is 1.41. The van der Waals surface area contributed by atoms with E-state index in [2.05, 4.69) is 50.6 Å². The zero-order chi connectivity index (χ0) is 14.5. The van der Waals surface area contributed by atoms with Gasteiger partial charge in [0.2, 0.25) is 0 Å². The van der Waals surface area contributed by atoms with Gasteiger partial charge in [-0.15, -0.1) is 0 Å². The summed E-state index contributed by atoms with van der Waals surface area (Å²) in [6.45, 7) is 1.75. The molecule has 0 heterocycles. The van der Waals surface area contributed by atoms with Crippen molar-refractivity contribution in [3.05, 3.63) is 34.3 Å². The molecule has 0 aliphatic carbocycles. The molecule has 1 aromatic carbocycles. The van der Waals surface area contributed by atoms with Crippen LogP contribution in [0.1, 0.15) is 5.56 Å². The Morgan fingerprint density at radius 3 is 1.84 bits per heavy atom. The van der Waals surface area contributed by atoms with E-state index in [1.165, 1.54) is 10.0 Å². The minimum atomic E-state index is 0.0694. The Morgan fingerprint density at radius 1 is 1.00 bits per heavy atom. The number of halogens is 1. The van der Waals surface area contributed by atoms with Crippen molar-refractivity contribution in [1.82, 2.24) is 4.90 Å². The van der Waals surface area contributed by atoms with E-state index in [9.17, 15) is 0 Å². The summed E-state index contributed by atoms with van der Waals surface area (Å²) in [7, 11) is 0. The number of rotatable bonds is 7. The van der Waals surface area contributed by atoms with Crippen LogP contribution >= 0.6 is 15.9 Å². The summed E-state index contributed by atoms with van der Waals surface area (Å²) in [5, 5.41) is 26.6. The van der Waals surface area contributed by atoms with Gasteiger partial charge >= 0.3 is 72.0 Å². The van der Waals surface area contributed by atoms with Crippen LogP contribution in [0.5, 0.6) is 0 Å². The Morgan fingerprint density at radius 2 is 1.53 bits per heavy atom. The molecule has 3 N–H and O–H groups in total. The molecule has 0 bridgehead atoms. The summed E-state index contributed by atoms with van der Waals surface area (Å²) in [6.07, 6.45) is 0. The summed E-state index contributed by atoms with van der Waals surface area (Å²) in [5.74, 6) is 0. The van der Waals surface area contributed by atoms with E-state index < -0.39 is 0 Å². The van der Waals surface area contributed by atoms with Gasteiger partial charge in [0.1, 0.15) is 0 Å². The van der Waals surface area contributed by atoms with E-state index in [1.54, 1.807) is 4.90 Å². The number of aliphatic hydroxyl groups excluding tert-OH is 3. The first-order chi connectivity index (χ1) is 9.17. The van der Waals surface area contributed by atoms with E-state index in [1.807, 2.05) is 6.07 Å². The summed E-state index contributed by atoms with van der Waals surface area (Å²) in [6, 6.07) is 8.37. The Hall–Kier alpha value is 0.0829. The molecule has 0 fully saturated rings. The zero-order valence-electron chi connectivity index (χ0n) is 10.9. The third-order valence-corrected chi connectivity index (χ3v) is 3.69. The molecule has 1 aromatic rings. The number of aliphatic hydroxyl groups is 3. The topological polar surface area (TPSA) is 63.9 Å². The summed E-state index contributed by atoms with van der Waals surface area (Å²) in [4.78, 5) is 1.79. The molecule has 19 heavy (non-hydrogen) atoms. The van der Waals surface area contributed by atoms with Crippen LogP contribution in [0.25, 0.3) is 0 Å². The van der Waals surface area contributed by atoms with E-state index in [0.717, 1.165) is 5.25 Å². The van der Waals surface area contributed by atoms with Crippen molar-refractivity contribution >= 4 is 32.4 Å². The molecule has 0 spiro atoms. The molecule has 0 saturated heterocycles. The van der Waals surface area contributed by atoms with Gasteiger partial charge in [-0.05, 0) is 0 Å². The van der Waals surface area contributed by atoms with Crippen LogP contribution in [0.15, 0.2) is 28.7 Å². The van der Waals surface area contributed by atoms with Crippen LogP contribution in [0.3, 0.4) is 0 Å². The van der Waals surface area contributed by atoms with Gasteiger partial charge in [0.25, 0.3) is 0 Å². The molecule has 4 nitrogen and oxygen atoms in total. The molecular weight excluding hydrogens is 371 g/mol. The van der Waals surface area contributed by atoms with E-state index in [0.29, 0.717) is 19.6 Å². The number of benzene rings is 1. The molecule has 0 unspecified atom stereocenters. The summed E-state index contributed by atoms with van der Waals surface area (Å²) >= 11 is 5.56. The van der Waals surface area contributed by atoms with Gasteiger partial charge in [-0.1, -0.05) is 0 Å². The Labute approximate surface area is 131 Å². The average Bonchev–Trinajstić information content (AvgIpc) is 2.40. The van der Waals surface area contributed by atoms with Crippen LogP contribution in [0, 0.1) is 0 Å². The van der Waals surface area contributed by atoms with Crippen molar-refractivity contribution in [2.75, 3.05) is 39.5 Å². The zero-order valence-corrected chi connectivity index (χ0v) is 14.6. The van der Waals surface area contributed by atoms with Gasteiger partial charge < -0.3 is 15.3 Å². The third-order valence-electron chi connectivity index (χ3n) is 2.34. The van der Waals surface area contributed by atoms with Crippen molar-refractivity contribution in [3.63, 3.8) is 0 Å². The molecule has 0 aromatic heterocycles. The van der Waals surface area contributed by atoms with E-state index >= 15 is 0 Å². The molecule has 0 aliphatic rings. The minimum absolute atomic E-state index is 0.0694. The fourth-order valence-corrected chi connectivity index (χ4v) is 2.31. The molecule has 0 atom stereocenters. The van der Waals surface area contributed by atoms with Crippen LogP contribution in [0.2, 0.25) is 0 Å². The Balaban J connectivity index is 0.000000342. The second kappa shape index (κ2) is 13.1. The maximum atomic E-state index is 8.48. The van der Waals surface area contributed by atoms with Gasteiger partial charge in [0, 0.05) is 19.6 Å². The van der Waals surface area contributed by atoms with Gasteiger partial charge in [-0.3, -0.25) is 4.90 Å². The Bertz CT molecular complexity index is 314. The first-order valence-corrected chi connectivity index (χ1v) is 8.39. The van der Waals surface area contributed by atoms with Crippen molar-refractivity contribution in [2.24, 2.45) is 0 Å². The van der Waals surface area contributed by atoms with Crippen molar-refractivity contribution in [3.8, 4) is 0 Å². The predicted molar refractivity (Wildman–Crippen MR) is 81.3 cm³/mol. The van der Waals surface area contributed by atoms with Gasteiger partial charge in [-0.2, -0.15) is 0 Å². The van der Waals surface area contributed by atoms with Gasteiger partial charge in [0.05, 0.1) is 19.8 Å². The van der Waals surface area contributed by atoms with Crippen molar-refractivity contribution in [1.29, 1.82) is 0 Å². The molecule has 6 heteroatoms. The Kier molecular flexibility index (Phi) is 13.1. The van der Waals surface area contributed by atoms with Crippen LogP contribution < -0.4 is 0 Å². The SMILES string of the molecule is OCCN(CCO)CCO.[Ge][CH2]c1cccc(Br)c1. The van der Waals surface area contributed by atoms with Gasteiger partial charge in [-0.25, -0.2) is 0 Å². The third kappa shape index (κ3) is 10.5. The van der Waals surface area contributed by atoms with Crippen molar-refractivity contribution in [2.45, 2.75) is 5.25 Å². The average molecular weight is 392 g/mol. The number of nitrogens with zero attached hydrogens (tertiary/aromatic N) is 1. The van der Waals surface area contributed by atoms with E-state index in [-0.39, 0.29) is 19.8 Å². The standard InChI is InChI=1S/C7H6BrGe.C6H15NO3/c8-7-3-1-2-6(4-7)5-9;8-4-1-7(2-5-9)3-6-10/h1-4H,5H2;8-10H,1-6H2. The first kappa shape index (κ1) is 19.1. The molecular formula is C13H21BrGeNO3. The first-order valence-electron chi connectivity index (χ1n) is 6.11. The molecule has 0 amide bonds. The molecule has 1 rings (SSSR count). The van der Waals surface area contributed by atoms with Crippen LogP contribution in [-0.2, 0) is 5.25 Å². The second-order valence-electron chi connectivity index (χ2n) is 3.82.